The Morgan fingerprint density at radius 3 is 2.60 bits per heavy atom. The molecule has 0 radical (unpaired) electrons. The number of hydrogen-bond donors (Lipinski definition) is 1. The van der Waals surface area contributed by atoms with E-state index in [2.05, 4.69) is 6.92 Å². The topological polar surface area (TPSA) is 77.7 Å². The van der Waals surface area contributed by atoms with Crippen molar-refractivity contribution < 1.29 is 14.3 Å². The van der Waals surface area contributed by atoms with Gasteiger partial charge in [0.15, 0.2) is 0 Å². The lowest BCUT2D eigenvalue weighted by molar-refractivity contribution is 0.0689. The molecule has 4 aromatic rings. The third-order valence-electron chi connectivity index (χ3n) is 6.60. The molecule has 35 heavy (non-hydrogen) atoms. The number of aromatic nitrogens is 1. The van der Waals surface area contributed by atoms with Gasteiger partial charge in [0.25, 0.3) is 5.91 Å². The van der Waals surface area contributed by atoms with Crippen molar-refractivity contribution in [1.29, 1.82) is 0 Å². The number of nitrogen functional groups attached to an aromatic ring is 1. The lowest BCUT2D eigenvalue weighted by atomic mass is 9.98. The Balaban J connectivity index is 1.74. The van der Waals surface area contributed by atoms with Gasteiger partial charge >= 0.3 is 0 Å². The van der Waals surface area contributed by atoms with Gasteiger partial charge in [-0.2, -0.15) is 0 Å². The summed E-state index contributed by atoms with van der Waals surface area (Å²) < 4.78 is 11.2. The second kappa shape index (κ2) is 9.58. The Labute approximate surface area is 209 Å². The molecule has 1 amide bonds. The van der Waals surface area contributed by atoms with Crippen molar-refractivity contribution in [1.82, 2.24) is 9.88 Å². The molecule has 2 N–H and O–H groups in total. The molecule has 6 nitrogen and oxygen atoms in total. The van der Waals surface area contributed by atoms with Crippen LogP contribution >= 0.6 is 11.3 Å². The Morgan fingerprint density at radius 2 is 1.89 bits per heavy atom. The van der Waals surface area contributed by atoms with Crippen LogP contribution in [0.2, 0.25) is 0 Å². The molecule has 2 aromatic carbocycles. The molecule has 1 aliphatic rings. The highest BCUT2D eigenvalue weighted by atomic mass is 32.1. The van der Waals surface area contributed by atoms with Gasteiger partial charge in [0.05, 0.1) is 25.6 Å². The minimum atomic E-state index is -0.0122. The number of carbonyl (C=O) groups is 1. The average molecular weight is 488 g/mol. The summed E-state index contributed by atoms with van der Waals surface area (Å²) in [4.78, 5) is 21.7. The molecule has 2 aromatic heterocycles. The lowest BCUT2D eigenvalue weighted by Gasteiger charge is -2.30. The van der Waals surface area contributed by atoms with Crippen molar-refractivity contribution in [3.63, 3.8) is 0 Å². The summed E-state index contributed by atoms with van der Waals surface area (Å²) in [5.74, 6) is 1.88. The highest BCUT2D eigenvalue weighted by Gasteiger charge is 2.28. The molecule has 0 spiro atoms. The molecule has 7 heteroatoms. The van der Waals surface area contributed by atoms with E-state index in [1.807, 2.05) is 59.5 Å². The number of nitrogens with two attached hydrogens (primary N) is 1. The lowest BCUT2D eigenvalue weighted by Crippen LogP contribution is -2.39. The maximum Gasteiger partial charge on any atom is 0.266 e. The van der Waals surface area contributed by atoms with Crippen molar-refractivity contribution in [2.45, 2.75) is 19.8 Å². The fourth-order valence-electron chi connectivity index (χ4n) is 4.79. The second-order valence-corrected chi connectivity index (χ2v) is 10.0. The smallest absolute Gasteiger partial charge is 0.266 e. The van der Waals surface area contributed by atoms with E-state index in [1.165, 1.54) is 11.3 Å². The van der Waals surface area contributed by atoms with Crippen molar-refractivity contribution in [3.8, 4) is 33.9 Å². The quantitative estimate of drug-likeness (QED) is 0.368. The number of anilines is 1. The first-order valence-corrected chi connectivity index (χ1v) is 12.6. The third-order valence-corrected chi connectivity index (χ3v) is 7.69. The summed E-state index contributed by atoms with van der Waals surface area (Å²) in [6.07, 6.45) is 2.16. The van der Waals surface area contributed by atoms with Gasteiger partial charge in [-0.15, -0.1) is 11.3 Å². The minimum Gasteiger partial charge on any atom is -0.497 e. The molecule has 0 bridgehead atoms. The number of nitrogens with zero attached hydrogens (tertiary/aromatic N) is 2. The van der Waals surface area contributed by atoms with E-state index in [4.69, 9.17) is 20.2 Å². The summed E-state index contributed by atoms with van der Waals surface area (Å²) in [7, 11) is 3.28. The number of pyridine rings is 1. The van der Waals surface area contributed by atoms with Gasteiger partial charge in [0.2, 0.25) is 0 Å². The molecule has 1 aliphatic heterocycles. The Bertz CT molecular complexity index is 1380. The van der Waals surface area contributed by atoms with E-state index in [-0.39, 0.29) is 5.91 Å². The Kier molecular flexibility index (Phi) is 6.34. The molecule has 3 heterocycles. The molecule has 1 atom stereocenters. The van der Waals surface area contributed by atoms with Crippen LogP contribution in [0, 0.1) is 5.92 Å². The van der Waals surface area contributed by atoms with Gasteiger partial charge in [-0.1, -0.05) is 37.3 Å². The summed E-state index contributed by atoms with van der Waals surface area (Å²) in [5.41, 5.74) is 10.7. The monoisotopic (exact) mass is 487 g/mol. The normalized spacial score (nSPS) is 15.9. The number of piperidine rings is 1. The second-order valence-electron chi connectivity index (χ2n) is 9.01. The number of thiophene rings is 1. The molecule has 180 valence electrons. The first kappa shape index (κ1) is 23.2. The molecule has 0 saturated carbocycles. The Morgan fingerprint density at radius 1 is 1.09 bits per heavy atom. The molecule has 0 aliphatic carbocycles. The van der Waals surface area contributed by atoms with Crippen molar-refractivity contribution in [2.75, 3.05) is 33.0 Å². The third kappa shape index (κ3) is 4.32. The first-order chi connectivity index (χ1) is 17.0. The number of benzene rings is 2. The zero-order valence-electron chi connectivity index (χ0n) is 20.2. The van der Waals surface area contributed by atoms with E-state index in [0.29, 0.717) is 28.0 Å². The highest BCUT2D eigenvalue weighted by molar-refractivity contribution is 7.21. The number of ether oxygens (including phenoxy) is 2. The summed E-state index contributed by atoms with van der Waals surface area (Å²) >= 11 is 1.37. The average Bonchev–Trinajstić information content (AvgIpc) is 3.24. The maximum absolute atomic E-state index is 13.5. The fourth-order valence-corrected chi connectivity index (χ4v) is 5.88. The van der Waals surface area contributed by atoms with Gasteiger partial charge < -0.3 is 20.1 Å². The van der Waals surface area contributed by atoms with E-state index in [0.717, 1.165) is 58.5 Å². The maximum atomic E-state index is 13.5. The number of hydrogen-bond acceptors (Lipinski definition) is 6. The van der Waals surface area contributed by atoms with Crippen LogP contribution in [0.15, 0.2) is 54.6 Å². The number of carbonyl (C=O) groups excluding carboxylic acids is 1. The van der Waals surface area contributed by atoms with Gasteiger partial charge in [0.1, 0.15) is 21.2 Å². The van der Waals surface area contributed by atoms with Crippen molar-refractivity contribution >= 4 is 33.1 Å². The van der Waals surface area contributed by atoms with Crippen molar-refractivity contribution in [2.24, 2.45) is 5.92 Å². The predicted octanol–water partition coefficient (Wildman–Crippen LogP) is 6.10. The molecule has 5 rings (SSSR count). The van der Waals surface area contributed by atoms with Crippen LogP contribution in [0.1, 0.15) is 29.4 Å². The van der Waals surface area contributed by atoms with Gasteiger partial charge in [-0.25, -0.2) is 4.98 Å². The molecule has 1 unspecified atom stereocenters. The molecule has 1 fully saturated rings. The van der Waals surface area contributed by atoms with Crippen LogP contribution in [-0.2, 0) is 0 Å². The largest absolute Gasteiger partial charge is 0.497 e. The number of rotatable bonds is 5. The summed E-state index contributed by atoms with van der Waals surface area (Å²) in [6.45, 7) is 3.70. The minimum absolute atomic E-state index is 0.0122. The summed E-state index contributed by atoms with van der Waals surface area (Å²) in [5, 5.41) is 0.773. The Hall–Kier alpha value is -3.58. The van der Waals surface area contributed by atoms with Crippen LogP contribution in [0.5, 0.6) is 11.5 Å². The molecular weight excluding hydrogens is 458 g/mol. The number of likely N-dealkylation sites (tertiary alicyclic amines) is 1. The fraction of sp³-hybridized carbons (Fsp3) is 0.286. The van der Waals surface area contributed by atoms with Crippen LogP contribution in [0.3, 0.4) is 0 Å². The van der Waals surface area contributed by atoms with Gasteiger partial charge in [-0.05, 0) is 43.0 Å². The molecule has 1 saturated heterocycles. The SMILES string of the molecule is COc1ccc(OC)c(-c2cc(-c3ccccc3)nc3sc(C(=O)N4CCCC(C)C4)c(N)c23)c1. The number of methoxy groups -OCH3 is 2. The standard InChI is InChI=1S/C28H29N3O3S/c1-17-8-7-13-31(16-17)28(32)26-25(29)24-21(20-14-19(33-2)11-12-23(20)34-3)15-22(30-27(24)35-26)18-9-5-4-6-10-18/h4-6,9-12,14-15,17H,7-8,13,16,29H2,1-3H3. The van der Waals surface area contributed by atoms with Gasteiger partial charge in [-0.3, -0.25) is 4.79 Å². The van der Waals surface area contributed by atoms with E-state index in [9.17, 15) is 4.79 Å². The zero-order chi connectivity index (χ0) is 24.5. The van der Waals surface area contributed by atoms with Crippen molar-refractivity contribution in [3.05, 3.63) is 59.5 Å². The van der Waals surface area contributed by atoms with E-state index in [1.54, 1.807) is 14.2 Å². The van der Waals surface area contributed by atoms with E-state index >= 15 is 0 Å². The van der Waals surface area contributed by atoms with Crippen LogP contribution < -0.4 is 15.2 Å². The number of fused-ring (bicyclic) bond motifs is 1. The zero-order valence-corrected chi connectivity index (χ0v) is 21.0. The summed E-state index contributed by atoms with van der Waals surface area (Å²) in [6, 6.07) is 17.7. The van der Waals surface area contributed by atoms with Crippen LogP contribution in [-0.4, -0.2) is 43.1 Å². The predicted molar refractivity (Wildman–Crippen MR) is 142 cm³/mol. The van der Waals surface area contributed by atoms with Crippen LogP contribution in [0.25, 0.3) is 32.6 Å². The highest BCUT2D eigenvalue weighted by Crippen LogP contribution is 2.45. The number of amides is 1. The molecular formula is C28H29N3O3S. The van der Waals surface area contributed by atoms with E-state index < -0.39 is 0 Å². The first-order valence-electron chi connectivity index (χ1n) is 11.8. The van der Waals surface area contributed by atoms with Gasteiger partial charge in [0, 0.05) is 35.2 Å². The van der Waals surface area contributed by atoms with Crippen LogP contribution in [0.4, 0.5) is 5.69 Å².